The van der Waals surface area contributed by atoms with Gasteiger partial charge in [-0.3, -0.25) is 0 Å². The smallest absolute Gasteiger partial charge is 0.118 e. The fourth-order valence-corrected chi connectivity index (χ4v) is 6.35. The van der Waals surface area contributed by atoms with Crippen LogP contribution < -0.4 is 14.5 Å². The lowest BCUT2D eigenvalue weighted by Crippen LogP contribution is -2.24. The molecule has 6 aromatic carbocycles. The summed E-state index contributed by atoms with van der Waals surface area (Å²) in [6.07, 6.45) is 0. The van der Waals surface area contributed by atoms with E-state index >= 15 is 0 Å². The van der Waals surface area contributed by atoms with Crippen molar-refractivity contribution >= 4 is 45.0 Å². The van der Waals surface area contributed by atoms with E-state index in [2.05, 4.69) is 156 Å². The van der Waals surface area contributed by atoms with Gasteiger partial charge in [0.05, 0.1) is 46.8 Å². The molecule has 0 saturated heterocycles. The van der Waals surface area contributed by atoms with Crippen LogP contribution in [-0.4, -0.2) is 12.1 Å². The molecule has 1 aliphatic heterocycles. The number of nitrogens with zero attached hydrogens (tertiary/aromatic N) is 3. The van der Waals surface area contributed by atoms with Crippen molar-refractivity contribution in [1.82, 2.24) is 4.98 Å². The molecule has 0 atom stereocenters. The third kappa shape index (κ3) is 4.59. The number of rotatable bonds is 5. The molecule has 216 valence electrons. The van der Waals surface area contributed by atoms with Crippen LogP contribution in [0.4, 0.5) is 34.1 Å². The molecule has 45 heavy (non-hydrogen) atoms. The summed E-state index contributed by atoms with van der Waals surface area (Å²) in [6.45, 7) is 2.11. The summed E-state index contributed by atoms with van der Waals surface area (Å²) in [5, 5.41) is 1.09. The first kappa shape index (κ1) is 26.7. The second-order valence-corrected chi connectivity index (χ2v) is 11.3. The minimum absolute atomic E-state index is 0.834. The fraction of sp³-hybridized carbons (Fsp3) is 0.0488. The predicted octanol–water partition coefficient (Wildman–Crippen LogP) is 11.1. The summed E-state index contributed by atoms with van der Waals surface area (Å²) in [4.78, 5) is 10.1. The van der Waals surface area contributed by atoms with Gasteiger partial charge in [0.2, 0.25) is 0 Å². The number of para-hydroxylation sites is 6. The van der Waals surface area contributed by atoms with E-state index in [0.717, 1.165) is 73.2 Å². The predicted molar refractivity (Wildman–Crippen MR) is 187 cm³/mol. The molecule has 0 radical (unpaired) electrons. The summed E-state index contributed by atoms with van der Waals surface area (Å²) in [5.74, 6) is 0.834. The number of aromatic nitrogens is 1. The van der Waals surface area contributed by atoms with Gasteiger partial charge in [-0.2, -0.15) is 0 Å². The number of methoxy groups -OCH3 is 1. The lowest BCUT2D eigenvalue weighted by molar-refractivity contribution is 0.415. The standard InChI is InChI=1S/C41H31N3O/c1-28-19-21-30(22-20-28)35-27-34(29-23-25-32(45-2)26-24-29)33-13-10-18-40(41(33)42-35)44-38-16-8-6-14-36(38)43(31-11-4-3-5-12-31)37-15-7-9-17-39(37)44/h3-27H,1-2H3. The van der Waals surface area contributed by atoms with Crippen molar-refractivity contribution in [3.63, 3.8) is 0 Å². The molecule has 7 aromatic rings. The Labute approximate surface area is 263 Å². The summed E-state index contributed by atoms with van der Waals surface area (Å²) in [6, 6.07) is 53.5. The van der Waals surface area contributed by atoms with Crippen molar-refractivity contribution < 1.29 is 4.74 Å². The summed E-state index contributed by atoms with van der Waals surface area (Å²) in [7, 11) is 1.70. The molecule has 0 aliphatic carbocycles. The number of anilines is 6. The SMILES string of the molecule is COc1ccc(-c2cc(-c3ccc(C)cc3)nc3c(N4c5ccccc5N(c5ccccc5)c5ccccc54)cccc23)cc1. The highest BCUT2D eigenvalue weighted by Crippen LogP contribution is 2.55. The molecule has 8 rings (SSSR count). The molecule has 0 bridgehead atoms. The van der Waals surface area contributed by atoms with E-state index < -0.39 is 0 Å². The van der Waals surface area contributed by atoms with E-state index in [9.17, 15) is 0 Å². The summed E-state index contributed by atoms with van der Waals surface area (Å²) >= 11 is 0. The summed E-state index contributed by atoms with van der Waals surface area (Å²) < 4.78 is 5.48. The van der Waals surface area contributed by atoms with Crippen LogP contribution in [-0.2, 0) is 0 Å². The third-order valence-corrected chi connectivity index (χ3v) is 8.55. The maximum absolute atomic E-state index is 5.48. The Morgan fingerprint density at radius 1 is 0.511 bits per heavy atom. The van der Waals surface area contributed by atoms with E-state index in [4.69, 9.17) is 9.72 Å². The van der Waals surface area contributed by atoms with Gasteiger partial charge in [-0.15, -0.1) is 0 Å². The van der Waals surface area contributed by atoms with Crippen molar-refractivity contribution in [2.75, 3.05) is 16.9 Å². The van der Waals surface area contributed by atoms with E-state index in [-0.39, 0.29) is 0 Å². The first-order chi connectivity index (χ1) is 22.2. The zero-order valence-electron chi connectivity index (χ0n) is 25.2. The fourth-order valence-electron chi connectivity index (χ4n) is 6.35. The van der Waals surface area contributed by atoms with E-state index in [1.807, 2.05) is 12.1 Å². The average molecular weight is 582 g/mol. The molecule has 4 heteroatoms. The maximum atomic E-state index is 5.48. The minimum Gasteiger partial charge on any atom is -0.497 e. The Morgan fingerprint density at radius 2 is 1.07 bits per heavy atom. The zero-order valence-corrected chi connectivity index (χ0v) is 25.2. The Balaban J connectivity index is 1.41. The summed E-state index contributed by atoms with van der Waals surface area (Å²) in [5.41, 5.74) is 13.0. The molecular weight excluding hydrogens is 550 g/mol. The van der Waals surface area contributed by atoms with Gasteiger partial charge in [0.25, 0.3) is 0 Å². The topological polar surface area (TPSA) is 28.6 Å². The Kier molecular flexibility index (Phi) is 6.54. The molecular formula is C41H31N3O. The van der Waals surface area contributed by atoms with Crippen LogP contribution in [0, 0.1) is 6.92 Å². The van der Waals surface area contributed by atoms with Crippen molar-refractivity contribution in [2.45, 2.75) is 6.92 Å². The number of ether oxygens (including phenoxy) is 1. The van der Waals surface area contributed by atoms with E-state index in [1.54, 1.807) is 7.11 Å². The molecule has 0 saturated carbocycles. The quantitative estimate of drug-likeness (QED) is 0.202. The van der Waals surface area contributed by atoms with Crippen LogP contribution in [0.3, 0.4) is 0 Å². The minimum atomic E-state index is 0.834. The molecule has 4 nitrogen and oxygen atoms in total. The second-order valence-electron chi connectivity index (χ2n) is 11.3. The maximum Gasteiger partial charge on any atom is 0.118 e. The first-order valence-electron chi connectivity index (χ1n) is 15.2. The van der Waals surface area contributed by atoms with Gasteiger partial charge in [0.1, 0.15) is 5.75 Å². The molecule has 1 aliphatic rings. The van der Waals surface area contributed by atoms with Crippen LogP contribution >= 0.6 is 0 Å². The van der Waals surface area contributed by atoms with Gasteiger partial charge in [-0.25, -0.2) is 4.98 Å². The van der Waals surface area contributed by atoms with Crippen molar-refractivity contribution in [2.24, 2.45) is 0 Å². The highest BCUT2D eigenvalue weighted by atomic mass is 16.5. The Bertz CT molecular complexity index is 2110. The molecule has 2 heterocycles. The molecule has 0 fully saturated rings. The zero-order chi connectivity index (χ0) is 30.3. The van der Waals surface area contributed by atoms with Crippen LogP contribution in [0.25, 0.3) is 33.3 Å². The highest BCUT2D eigenvalue weighted by Gasteiger charge is 2.31. The Hall–Kier alpha value is -5.87. The molecule has 0 unspecified atom stereocenters. The van der Waals surface area contributed by atoms with Crippen molar-refractivity contribution in [3.8, 4) is 28.1 Å². The van der Waals surface area contributed by atoms with E-state index in [0.29, 0.717) is 0 Å². The lowest BCUT2D eigenvalue weighted by atomic mass is 9.96. The molecule has 0 N–H and O–H groups in total. The molecule has 0 spiro atoms. The van der Waals surface area contributed by atoms with E-state index in [1.165, 1.54) is 5.56 Å². The van der Waals surface area contributed by atoms with Gasteiger partial charge in [-0.05, 0) is 78.7 Å². The number of hydrogen-bond acceptors (Lipinski definition) is 4. The van der Waals surface area contributed by atoms with Gasteiger partial charge in [0, 0.05) is 16.6 Å². The number of pyridine rings is 1. The highest BCUT2D eigenvalue weighted by molar-refractivity contribution is 6.09. The van der Waals surface area contributed by atoms with Crippen LogP contribution in [0.15, 0.2) is 152 Å². The van der Waals surface area contributed by atoms with Gasteiger partial charge >= 0.3 is 0 Å². The van der Waals surface area contributed by atoms with Crippen LogP contribution in [0.1, 0.15) is 5.56 Å². The van der Waals surface area contributed by atoms with Crippen molar-refractivity contribution in [1.29, 1.82) is 0 Å². The first-order valence-corrected chi connectivity index (χ1v) is 15.2. The van der Waals surface area contributed by atoms with Crippen LogP contribution in [0.2, 0.25) is 0 Å². The van der Waals surface area contributed by atoms with Gasteiger partial charge < -0.3 is 14.5 Å². The monoisotopic (exact) mass is 581 g/mol. The number of hydrogen-bond donors (Lipinski definition) is 0. The normalized spacial score (nSPS) is 12.1. The Morgan fingerprint density at radius 3 is 1.69 bits per heavy atom. The van der Waals surface area contributed by atoms with Crippen LogP contribution in [0.5, 0.6) is 5.75 Å². The van der Waals surface area contributed by atoms with Gasteiger partial charge in [-0.1, -0.05) is 96.6 Å². The van der Waals surface area contributed by atoms with Gasteiger partial charge in [0.15, 0.2) is 0 Å². The average Bonchev–Trinajstić information content (AvgIpc) is 3.10. The second kappa shape index (κ2) is 11.0. The number of fused-ring (bicyclic) bond motifs is 3. The third-order valence-electron chi connectivity index (χ3n) is 8.55. The molecule has 1 aromatic heterocycles. The lowest BCUT2D eigenvalue weighted by Gasteiger charge is -2.40. The van der Waals surface area contributed by atoms with Crippen molar-refractivity contribution in [3.05, 3.63) is 157 Å². The molecule has 0 amide bonds. The number of benzene rings is 6. The largest absolute Gasteiger partial charge is 0.497 e. The number of aryl methyl sites for hydroxylation is 1.